The summed E-state index contributed by atoms with van der Waals surface area (Å²) in [5.41, 5.74) is 2.56. The van der Waals surface area contributed by atoms with Gasteiger partial charge in [0.1, 0.15) is 35.9 Å². The van der Waals surface area contributed by atoms with Crippen LogP contribution in [0.2, 0.25) is 0 Å². The molecular formula is C52H77NO14. The van der Waals surface area contributed by atoms with Gasteiger partial charge in [0.25, 0.3) is 11.7 Å². The molecule has 6 rings (SSSR count). The fraction of sp³-hybridized carbons (Fsp3) is 0.731. The summed E-state index contributed by atoms with van der Waals surface area (Å²) < 4.78 is 48.4. The van der Waals surface area contributed by atoms with Crippen LogP contribution in [0.25, 0.3) is 0 Å². The zero-order valence-corrected chi connectivity index (χ0v) is 41.2. The number of ether oxygens (including phenoxy) is 8. The van der Waals surface area contributed by atoms with Crippen LogP contribution >= 0.6 is 0 Å². The van der Waals surface area contributed by atoms with E-state index in [1.54, 1.807) is 21.0 Å². The number of aliphatic hydroxyl groups excluding tert-OH is 1. The van der Waals surface area contributed by atoms with Gasteiger partial charge in [-0.25, -0.2) is 4.79 Å². The third kappa shape index (κ3) is 12.6. The first-order valence-electron chi connectivity index (χ1n) is 24.6. The molecule has 2 N–H and O–H groups in total. The smallest absolute Gasteiger partial charge is 0.329 e. The Bertz CT molecular complexity index is 1910. The molecule has 1 aliphatic carbocycles. The highest BCUT2D eigenvalue weighted by molar-refractivity contribution is 6.39. The first kappa shape index (κ1) is 52.8. The quantitative estimate of drug-likeness (QED) is 0.153. The molecule has 1 saturated carbocycles. The summed E-state index contributed by atoms with van der Waals surface area (Å²) in [6.07, 6.45) is 3.96. The number of rotatable bonds is 9. The number of hydrogen-bond acceptors (Lipinski definition) is 14. The third-order valence-corrected chi connectivity index (χ3v) is 14.9. The number of allylic oxidation sites excluding steroid dienone is 3. The number of nitrogens with zero attached hydrogens (tertiary/aromatic N) is 1. The summed E-state index contributed by atoms with van der Waals surface area (Å²) in [6.45, 7) is 12.4. The highest BCUT2D eigenvalue weighted by atomic mass is 16.7. The zero-order chi connectivity index (χ0) is 48.6. The van der Waals surface area contributed by atoms with E-state index in [2.05, 4.69) is 13.0 Å². The van der Waals surface area contributed by atoms with Crippen LogP contribution in [0.1, 0.15) is 124 Å². The SMILES string of the molecule is CCC1C=C(C)CC(C)CC(OC)C2OC(O)(C(=O)C(=O)N3CCCCC3C(=O)OC(C(C)=CC3CCC(Oc4cccc(C5OCCO5)c4)C(OC)C3)C(C)C(O)CC1=O)C(C)CC2OC. The maximum Gasteiger partial charge on any atom is 0.329 e. The molecule has 0 radical (unpaired) electrons. The summed E-state index contributed by atoms with van der Waals surface area (Å²) in [5.74, 6) is -6.87. The van der Waals surface area contributed by atoms with Crippen LogP contribution in [0.4, 0.5) is 0 Å². The average Bonchev–Trinajstić information content (AvgIpc) is 3.87. The second kappa shape index (κ2) is 23.9. The summed E-state index contributed by atoms with van der Waals surface area (Å²) in [7, 11) is 4.74. The van der Waals surface area contributed by atoms with E-state index in [4.69, 9.17) is 37.9 Å². The van der Waals surface area contributed by atoms with Crippen LogP contribution in [0, 0.1) is 29.6 Å². The van der Waals surface area contributed by atoms with E-state index in [0.717, 1.165) is 17.6 Å². The van der Waals surface area contributed by atoms with E-state index >= 15 is 0 Å². The Labute approximate surface area is 397 Å². The molecule has 14 atom stereocenters. The lowest BCUT2D eigenvalue weighted by molar-refractivity contribution is -0.302. The van der Waals surface area contributed by atoms with Gasteiger partial charge in [0.05, 0.1) is 37.6 Å². The summed E-state index contributed by atoms with van der Waals surface area (Å²) in [5, 5.41) is 24.0. The molecule has 0 aromatic heterocycles. The van der Waals surface area contributed by atoms with Gasteiger partial charge < -0.3 is 53.0 Å². The summed E-state index contributed by atoms with van der Waals surface area (Å²) in [4.78, 5) is 58.5. The number of benzene rings is 1. The lowest BCUT2D eigenvalue weighted by atomic mass is 9.81. The number of carbonyl (C=O) groups is 4. The number of piperidine rings is 1. The van der Waals surface area contributed by atoms with Crippen molar-refractivity contribution in [3.05, 3.63) is 53.1 Å². The van der Waals surface area contributed by atoms with Crippen molar-refractivity contribution in [1.29, 1.82) is 0 Å². The van der Waals surface area contributed by atoms with Gasteiger partial charge in [-0.05, 0) is 108 Å². The molecule has 374 valence electrons. The van der Waals surface area contributed by atoms with E-state index in [1.165, 1.54) is 19.1 Å². The van der Waals surface area contributed by atoms with Crippen LogP contribution < -0.4 is 4.74 Å². The number of amides is 1. The lowest BCUT2D eigenvalue weighted by Crippen LogP contribution is -2.64. The zero-order valence-electron chi connectivity index (χ0n) is 41.2. The van der Waals surface area contributed by atoms with Gasteiger partial charge in [0, 0.05) is 57.6 Å². The average molecular weight is 940 g/mol. The molecule has 67 heavy (non-hydrogen) atoms. The standard InChI is InChI=1S/C52H77NO14/c1-10-36-23-30(2)22-31(3)24-44(61-8)47-45(62-9)26-33(5)52(59,67-47)48(56)49(57)53-19-12-11-16-39(53)50(58)66-46(34(6)40(54)29-41(36)55)32(4)25-35-17-18-42(43(27-35)60-7)65-38-15-13-14-37(28-38)51-63-20-21-64-51/h13-15,23,25,28,31,33-36,39-40,42-47,51,54,59H,10-12,16-22,24,26-27,29H2,1-9H3. The van der Waals surface area contributed by atoms with Gasteiger partial charge in [0.2, 0.25) is 5.79 Å². The monoisotopic (exact) mass is 940 g/mol. The van der Waals surface area contributed by atoms with Crippen LogP contribution in [0.3, 0.4) is 0 Å². The Morgan fingerprint density at radius 2 is 1.60 bits per heavy atom. The van der Waals surface area contributed by atoms with Crippen molar-refractivity contribution in [3.63, 3.8) is 0 Å². The molecule has 4 aliphatic heterocycles. The Morgan fingerprint density at radius 3 is 2.28 bits per heavy atom. The van der Waals surface area contributed by atoms with Crippen molar-refractivity contribution in [2.75, 3.05) is 41.1 Å². The molecule has 14 unspecified atom stereocenters. The van der Waals surface area contributed by atoms with Crippen LogP contribution in [-0.2, 0) is 52.3 Å². The fourth-order valence-corrected chi connectivity index (χ4v) is 11.0. The number of fused-ring (bicyclic) bond motifs is 3. The van der Waals surface area contributed by atoms with Crippen molar-refractivity contribution in [3.8, 4) is 5.75 Å². The predicted molar refractivity (Wildman–Crippen MR) is 248 cm³/mol. The number of esters is 1. The number of cyclic esters (lactones) is 1. The first-order chi connectivity index (χ1) is 32.0. The number of aliphatic hydroxyl groups is 2. The van der Waals surface area contributed by atoms with E-state index in [-0.39, 0.29) is 55.6 Å². The van der Waals surface area contributed by atoms with Gasteiger partial charge in [-0.2, -0.15) is 0 Å². The number of ketones is 2. The number of Topliss-reactive ketones (excluding diaryl/α,β-unsaturated/α-hetero) is 2. The van der Waals surface area contributed by atoms with E-state index < -0.39 is 84.1 Å². The van der Waals surface area contributed by atoms with Gasteiger partial charge in [-0.15, -0.1) is 0 Å². The Kier molecular flexibility index (Phi) is 18.8. The van der Waals surface area contributed by atoms with Crippen molar-refractivity contribution >= 4 is 23.4 Å². The maximum absolute atomic E-state index is 14.6. The normalized spacial score (nSPS) is 37.3. The molecule has 2 bridgehead atoms. The molecule has 1 amide bonds. The highest BCUT2D eigenvalue weighted by Gasteiger charge is 2.56. The molecule has 5 aliphatic rings. The molecular weight excluding hydrogens is 863 g/mol. The molecule has 3 saturated heterocycles. The van der Waals surface area contributed by atoms with Crippen LogP contribution in [0.15, 0.2) is 47.6 Å². The van der Waals surface area contributed by atoms with Crippen molar-refractivity contribution in [1.82, 2.24) is 4.90 Å². The minimum atomic E-state index is -2.51. The minimum absolute atomic E-state index is 0.00550. The number of methoxy groups -OCH3 is 3. The van der Waals surface area contributed by atoms with E-state index in [9.17, 15) is 29.4 Å². The summed E-state index contributed by atoms with van der Waals surface area (Å²) in [6, 6.07) is 6.56. The van der Waals surface area contributed by atoms with Crippen molar-refractivity contribution < 1.29 is 67.3 Å². The summed E-state index contributed by atoms with van der Waals surface area (Å²) >= 11 is 0. The fourth-order valence-electron chi connectivity index (χ4n) is 11.0. The van der Waals surface area contributed by atoms with Crippen molar-refractivity contribution in [2.24, 2.45) is 29.6 Å². The largest absolute Gasteiger partial charge is 0.488 e. The second-order valence-corrected chi connectivity index (χ2v) is 19.9. The van der Waals surface area contributed by atoms with Gasteiger partial charge >= 0.3 is 5.97 Å². The topological polar surface area (TPSA) is 186 Å². The number of hydrogen-bond donors (Lipinski definition) is 2. The van der Waals surface area contributed by atoms with Crippen LogP contribution in [0.5, 0.6) is 5.75 Å². The van der Waals surface area contributed by atoms with Gasteiger partial charge in [-0.3, -0.25) is 14.4 Å². The highest BCUT2D eigenvalue weighted by Crippen LogP contribution is 2.40. The molecule has 15 nitrogen and oxygen atoms in total. The first-order valence-corrected chi connectivity index (χ1v) is 24.6. The Balaban J connectivity index is 1.29. The third-order valence-electron chi connectivity index (χ3n) is 14.9. The molecule has 4 heterocycles. The molecule has 1 aromatic carbocycles. The number of carbonyl (C=O) groups excluding carboxylic acids is 4. The maximum atomic E-state index is 14.6. The Hall–Kier alpha value is -3.54. The molecule has 1 aromatic rings. The second-order valence-electron chi connectivity index (χ2n) is 19.9. The molecule has 4 fully saturated rings. The van der Waals surface area contributed by atoms with E-state index in [0.29, 0.717) is 69.5 Å². The lowest BCUT2D eigenvalue weighted by Gasteiger charge is -2.47. The molecule has 0 spiro atoms. The Morgan fingerprint density at radius 1 is 0.896 bits per heavy atom. The van der Waals surface area contributed by atoms with Crippen molar-refractivity contribution in [2.45, 2.75) is 173 Å². The van der Waals surface area contributed by atoms with E-state index in [1.807, 2.05) is 51.1 Å². The minimum Gasteiger partial charge on any atom is -0.488 e. The van der Waals surface area contributed by atoms with Crippen LogP contribution in [-0.4, -0.2) is 134 Å². The predicted octanol–water partition coefficient (Wildman–Crippen LogP) is 6.61. The molecule has 15 heteroatoms. The van der Waals surface area contributed by atoms with Gasteiger partial charge in [-0.1, -0.05) is 57.6 Å². The van der Waals surface area contributed by atoms with Gasteiger partial charge in [0.15, 0.2) is 6.29 Å².